The molecule has 14 heteroatoms. The summed E-state index contributed by atoms with van der Waals surface area (Å²) in [7, 11) is 3.50. The number of carbonyl (C=O) groups is 6. The van der Waals surface area contributed by atoms with Crippen molar-refractivity contribution in [3.63, 3.8) is 0 Å². The van der Waals surface area contributed by atoms with Crippen LogP contribution in [0.3, 0.4) is 0 Å². The van der Waals surface area contributed by atoms with Gasteiger partial charge in [0.25, 0.3) is 11.8 Å². The van der Waals surface area contributed by atoms with Crippen molar-refractivity contribution < 1.29 is 28.8 Å². The molecule has 0 unspecified atom stereocenters. The van der Waals surface area contributed by atoms with E-state index in [9.17, 15) is 28.8 Å². The number of rotatable bonds is 23. The Morgan fingerprint density at radius 2 is 0.838 bits per heavy atom. The maximum atomic E-state index is 14.8. The monoisotopic (exact) mass is 1090 g/mol. The van der Waals surface area contributed by atoms with Crippen molar-refractivity contribution in [3.05, 3.63) is 131 Å². The van der Waals surface area contributed by atoms with E-state index >= 15 is 0 Å². The van der Waals surface area contributed by atoms with Crippen LogP contribution in [0.5, 0.6) is 0 Å². The average Bonchev–Trinajstić information content (AvgIpc) is 4.07. The van der Waals surface area contributed by atoms with Gasteiger partial charge in [0.2, 0.25) is 23.6 Å². The highest BCUT2D eigenvalue weighted by Crippen LogP contribution is 2.34. The van der Waals surface area contributed by atoms with Gasteiger partial charge in [0.05, 0.1) is 24.2 Å². The fourth-order valence-electron chi connectivity index (χ4n) is 12.8. The van der Waals surface area contributed by atoms with Crippen LogP contribution in [0.15, 0.2) is 109 Å². The standard InChI is InChI=1S/C66H90N8O6/c1-45-35-41-73(65(79)59(53-23-15-9-16-24-53)69-61(75)47(3)67-5)57(45)43-71(39-37-49-19-11-7-12-20-49)63(77)55-31-27-51(28-32-55)52-29-33-56(34-30-52)64(78)72(40-38-50-21-13-8-14-22-50)44-58-46(2)36-42-74(58)66(80)60(54-25-17-10-18-26-54)70-62(76)48(4)68-6/h7-8,11-14,19-22,27-34,45-48,53-54,57-60,67-68H,9-10,15-18,23-26,35-44H2,1-6H3,(H,69,75)(H,70,76)/t45-,46-,47-,48-,57-,58+,59-,60-/m0/s1. The highest BCUT2D eigenvalue weighted by molar-refractivity contribution is 5.96. The second-order valence-electron chi connectivity index (χ2n) is 23.6. The average molecular weight is 1090 g/mol. The van der Waals surface area contributed by atoms with Crippen LogP contribution in [0.2, 0.25) is 0 Å². The predicted octanol–water partition coefficient (Wildman–Crippen LogP) is 8.54. The number of hydrogen-bond donors (Lipinski definition) is 4. The third-order valence-electron chi connectivity index (χ3n) is 18.4. The summed E-state index contributed by atoms with van der Waals surface area (Å²) < 4.78 is 0. The van der Waals surface area contributed by atoms with E-state index in [2.05, 4.69) is 59.4 Å². The third-order valence-corrected chi connectivity index (χ3v) is 18.4. The van der Waals surface area contributed by atoms with Crippen molar-refractivity contribution in [2.24, 2.45) is 23.7 Å². The van der Waals surface area contributed by atoms with Crippen LogP contribution in [0.25, 0.3) is 11.1 Å². The SMILES string of the molecule is CN[C@@H](C)C(=O)N[C@H](C(=O)N1CC[C@H](C)[C@H]1CN(CCc1ccccc1)C(=O)c1ccc(-c2ccc(C(=O)N(CCc3ccccc3)C[C@H]3[C@@H](C)CCN3C(=O)[C@@H](NC(=O)[C@H](C)NC)C3CCCCC3)cc2)cc1)C1CCCCC1. The van der Waals surface area contributed by atoms with Gasteiger partial charge >= 0.3 is 0 Å². The second kappa shape index (κ2) is 28.9. The maximum Gasteiger partial charge on any atom is 0.253 e. The molecule has 6 amide bonds. The Hall–Kier alpha value is -6.38. The molecular weight excluding hydrogens is 1000 g/mol. The zero-order chi connectivity index (χ0) is 56.7. The Morgan fingerprint density at radius 1 is 0.487 bits per heavy atom. The van der Waals surface area contributed by atoms with Crippen LogP contribution < -0.4 is 21.3 Å². The third kappa shape index (κ3) is 15.1. The Morgan fingerprint density at radius 3 is 1.18 bits per heavy atom. The summed E-state index contributed by atoms with van der Waals surface area (Å²) >= 11 is 0. The van der Waals surface area contributed by atoms with Gasteiger partial charge in [-0.25, -0.2) is 0 Å². The lowest BCUT2D eigenvalue weighted by Gasteiger charge is -2.38. The number of benzene rings is 4. The zero-order valence-corrected chi connectivity index (χ0v) is 48.5. The van der Waals surface area contributed by atoms with Crippen LogP contribution in [0, 0.1) is 23.7 Å². The predicted molar refractivity (Wildman–Crippen MR) is 317 cm³/mol. The molecule has 8 atom stereocenters. The first-order valence-electron chi connectivity index (χ1n) is 30.2. The van der Waals surface area contributed by atoms with Crippen molar-refractivity contribution in [2.45, 2.75) is 154 Å². The van der Waals surface area contributed by atoms with E-state index in [1.54, 1.807) is 14.1 Å². The first-order valence-corrected chi connectivity index (χ1v) is 30.2. The van der Waals surface area contributed by atoms with E-state index < -0.39 is 24.2 Å². The summed E-state index contributed by atoms with van der Waals surface area (Å²) in [6.45, 7) is 10.8. The van der Waals surface area contributed by atoms with Crippen molar-refractivity contribution in [3.8, 4) is 11.1 Å². The van der Waals surface area contributed by atoms with E-state index in [1.807, 2.05) is 118 Å². The lowest BCUT2D eigenvalue weighted by Crippen LogP contribution is -2.58. The number of likely N-dealkylation sites (tertiary alicyclic amines) is 2. The van der Waals surface area contributed by atoms with Gasteiger partial charge in [0.1, 0.15) is 12.1 Å². The van der Waals surface area contributed by atoms with Crippen LogP contribution in [-0.2, 0) is 32.0 Å². The molecule has 4 fully saturated rings. The molecule has 0 spiro atoms. The molecule has 4 aromatic carbocycles. The van der Waals surface area contributed by atoms with Crippen molar-refractivity contribution in [1.82, 2.24) is 40.9 Å². The molecule has 0 radical (unpaired) electrons. The highest BCUT2D eigenvalue weighted by atomic mass is 16.2. The molecule has 2 aliphatic heterocycles. The minimum Gasteiger partial charge on any atom is -0.343 e. The molecule has 4 aliphatic rings. The first-order chi connectivity index (χ1) is 38.7. The smallest absolute Gasteiger partial charge is 0.253 e. The summed E-state index contributed by atoms with van der Waals surface area (Å²) in [5.74, 6) is -0.206. The van der Waals surface area contributed by atoms with E-state index in [4.69, 9.17) is 0 Å². The molecule has 8 rings (SSSR count). The molecule has 4 N–H and O–H groups in total. The normalized spacial score (nSPS) is 21.3. The minimum absolute atomic E-state index is 0.0430. The van der Waals surface area contributed by atoms with E-state index in [1.165, 1.54) is 0 Å². The van der Waals surface area contributed by atoms with E-state index in [0.717, 1.165) is 99.3 Å². The number of carbonyl (C=O) groups excluding carboxylic acids is 6. The molecule has 0 bridgehead atoms. The van der Waals surface area contributed by atoms with Gasteiger partial charge in [-0.1, -0.05) is 137 Å². The van der Waals surface area contributed by atoms with Gasteiger partial charge in [-0.2, -0.15) is 0 Å². The maximum absolute atomic E-state index is 14.8. The Labute approximate surface area is 476 Å². The van der Waals surface area contributed by atoms with Crippen LogP contribution in [-0.4, -0.2) is 145 Å². The molecule has 430 valence electrons. The van der Waals surface area contributed by atoms with E-state index in [0.29, 0.717) is 63.2 Å². The Bertz CT molecular complexity index is 2480. The van der Waals surface area contributed by atoms with Crippen molar-refractivity contribution in [2.75, 3.05) is 53.4 Å². The van der Waals surface area contributed by atoms with Crippen LogP contribution >= 0.6 is 0 Å². The molecule has 0 aromatic heterocycles. The molecule has 2 aliphatic carbocycles. The summed E-state index contributed by atoms with van der Waals surface area (Å²) in [6, 6.07) is 33.1. The largest absolute Gasteiger partial charge is 0.343 e. The number of likely N-dealkylation sites (N-methyl/N-ethyl adjacent to an activating group) is 2. The summed E-state index contributed by atoms with van der Waals surface area (Å²) in [5, 5.41) is 12.4. The van der Waals surface area contributed by atoms with Crippen LogP contribution in [0.4, 0.5) is 0 Å². The molecule has 2 heterocycles. The summed E-state index contributed by atoms with van der Waals surface area (Å²) in [5.41, 5.74) is 5.15. The van der Waals surface area contributed by atoms with Gasteiger partial charge in [-0.05, 0) is 150 Å². The van der Waals surface area contributed by atoms with Gasteiger partial charge in [0.15, 0.2) is 0 Å². The lowest BCUT2D eigenvalue weighted by atomic mass is 9.83. The highest BCUT2D eigenvalue weighted by Gasteiger charge is 2.44. The van der Waals surface area contributed by atoms with Gasteiger partial charge in [-0.15, -0.1) is 0 Å². The second-order valence-corrected chi connectivity index (χ2v) is 23.6. The summed E-state index contributed by atoms with van der Waals surface area (Å²) in [6.07, 6.45) is 13.0. The zero-order valence-electron chi connectivity index (χ0n) is 48.5. The van der Waals surface area contributed by atoms with E-state index in [-0.39, 0.29) is 71.2 Å². The number of hydrogen-bond acceptors (Lipinski definition) is 8. The van der Waals surface area contributed by atoms with Crippen LogP contribution in [0.1, 0.15) is 137 Å². The molecule has 2 saturated carbocycles. The molecular formula is C66H90N8O6. The van der Waals surface area contributed by atoms with Gasteiger partial charge in [-0.3, -0.25) is 28.8 Å². The first kappa shape index (κ1) is 59.7. The Balaban J connectivity index is 0.989. The van der Waals surface area contributed by atoms with Crippen molar-refractivity contribution >= 4 is 35.4 Å². The van der Waals surface area contributed by atoms with Gasteiger partial charge < -0.3 is 40.9 Å². The summed E-state index contributed by atoms with van der Waals surface area (Å²) in [4.78, 5) is 93.6. The quantitative estimate of drug-likeness (QED) is 0.0575. The number of amides is 6. The molecule has 4 aromatic rings. The molecule has 2 saturated heterocycles. The topological polar surface area (TPSA) is 163 Å². The number of nitrogens with zero attached hydrogens (tertiary/aromatic N) is 4. The Kier molecular flexibility index (Phi) is 21.5. The minimum atomic E-state index is -0.610. The fourth-order valence-corrected chi connectivity index (χ4v) is 12.8. The van der Waals surface area contributed by atoms with Gasteiger partial charge in [0, 0.05) is 50.4 Å². The molecule has 14 nitrogen and oxygen atoms in total. The number of nitrogens with one attached hydrogen (secondary N) is 4. The lowest BCUT2D eigenvalue weighted by molar-refractivity contribution is -0.140. The molecule has 80 heavy (non-hydrogen) atoms. The fraction of sp³-hybridized carbons (Fsp3) is 0.545. The van der Waals surface area contributed by atoms with Crippen molar-refractivity contribution in [1.29, 1.82) is 0 Å².